The van der Waals surface area contributed by atoms with E-state index in [0.717, 1.165) is 6.07 Å². The quantitative estimate of drug-likeness (QED) is 0.632. The minimum atomic E-state index is -0.694. The summed E-state index contributed by atoms with van der Waals surface area (Å²) in [4.78, 5) is 13.9. The highest BCUT2D eigenvalue weighted by atomic mass is 35.5. The van der Waals surface area contributed by atoms with Gasteiger partial charge < -0.3 is 4.74 Å². The molecule has 0 bridgehead atoms. The Labute approximate surface area is 121 Å². The number of nitriles is 1. The van der Waals surface area contributed by atoms with Crippen molar-refractivity contribution >= 4 is 28.9 Å². The average molecular weight is 312 g/mol. The molecular weight excluding hydrogens is 309 g/mol. The molecule has 100 valence electrons. The predicted octanol–water partition coefficient (Wildman–Crippen LogP) is 2.75. The number of aromatic nitrogens is 3. The number of halogens is 2. The molecule has 0 saturated heterocycles. The van der Waals surface area contributed by atoms with Crippen molar-refractivity contribution in [2.24, 2.45) is 0 Å². The van der Waals surface area contributed by atoms with Gasteiger partial charge in [-0.15, -0.1) is 10.2 Å². The first-order chi connectivity index (χ1) is 9.51. The zero-order valence-electron chi connectivity index (χ0n) is 9.45. The van der Waals surface area contributed by atoms with Gasteiger partial charge in [0.1, 0.15) is 0 Å². The number of nitro benzene ring substituents is 1. The van der Waals surface area contributed by atoms with Gasteiger partial charge in [-0.3, -0.25) is 10.1 Å². The number of hydrogen-bond acceptors (Lipinski definition) is 7. The van der Waals surface area contributed by atoms with Crippen molar-refractivity contribution < 1.29 is 9.66 Å². The topological polar surface area (TPSA) is 115 Å². The summed E-state index contributed by atoms with van der Waals surface area (Å²) in [7, 11) is 0. The molecular formula is C10H3Cl2N5O3. The molecule has 8 nitrogen and oxygen atoms in total. The molecule has 0 amide bonds. The van der Waals surface area contributed by atoms with E-state index in [0.29, 0.717) is 0 Å². The summed E-state index contributed by atoms with van der Waals surface area (Å²) < 4.78 is 5.20. The van der Waals surface area contributed by atoms with E-state index < -0.39 is 10.6 Å². The normalized spacial score (nSPS) is 9.85. The number of hydrogen-bond donors (Lipinski definition) is 0. The standard InChI is InChI=1S/C10H3Cl2N5O3/c11-8-9(14-10(12)16-15-8)20-7-2-1-5(4-13)3-6(7)17(18)19/h1-3H. The van der Waals surface area contributed by atoms with Crippen LogP contribution in [0.3, 0.4) is 0 Å². The molecule has 0 aliphatic carbocycles. The van der Waals surface area contributed by atoms with Crippen molar-refractivity contribution in [2.45, 2.75) is 0 Å². The van der Waals surface area contributed by atoms with Gasteiger partial charge in [-0.25, -0.2) is 0 Å². The van der Waals surface area contributed by atoms with Crippen LogP contribution in [0.5, 0.6) is 11.6 Å². The molecule has 1 aromatic heterocycles. The molecule has 0 unspecified atom stereocenters. The van der Waals surface area contributed by atoms with Crippen LogP contribution in [0.1, 0.15) is 5.56 Å². The van der Waals surface area contributed by atoms with Crippen molar-refractivity contribution in [2.75, 3.05) is 0 Å². The van der Waals surface area contributed by atoms with E-state index in [1.807, 2.05) is 0 Å². The van der Waals surface area contributed by atoms with Crippen LogP contribution in [-0.4, -0.2) is 20.1 Å². The maximum atomic E-state index is 10.9. The Balaban J connectivity index is 2.46. The molecule has 10 heteroatoms. The van der Waals surface area contributed by atoms with Crippen LogP contribution in [0, 0.1) is 21.4 Å². The second kappa shape index (κ2) is 5.64. The molecule has 0 aliphatic heterocycles. The summed E-state index contributed by atoms with van der Waals surface area (Å²) in [6.45, 7) is 0. The van der Waals surface area contributed by atoms with Gasteiger partial charge in [0.15, 0.2) is 0 Å². The molecule has 0 spiro atoms. The number of benzene rings is 1. The van der Waals surface area contributed by atoms with Crippen molar-refractivity contribution in [3.63, 3.8) is 0 Å². The Bertz CT molecular complexity index is 731. The van der Waals surface area contributed by atoms with Crippen molar-refractivity contribution in [1.82, 2.24) is 15.2 Å². The summed E-state index contributed by atoms with van der Waals surface area (Å²) in [5.74, 6) is -0.369. The number of nitro groups is 1. The molecule has 0 aliphatic rings. The fourth-order valence-corrected chi connectivity index (χ4v) is 1.50. The largest absolute Gasteiger partial charge is 0.429 e. The van der Waals surface area contributed by atoms with E-state index in [1.165, 1.54) is 12.1 Å². The second-order valence-corrected chi connectivity index (χ2v) is 4.03. The van der Waals surface area contributed by atoms with E-state index in [-0.39, 0.29) is 27.6 Å². The third-order valence-corrected chi connectivity index (χ3v) is 2.48. The van der Waals surface area contributed by atoms with E-state index >= 15 is 0 Å². The molecule has 0 N–H and O–H groups in total. The lowest BCUT2D eigenvalue weighted by molar-refractivity contribution is -0.385. The zero-order chi connectivity index (χ0) is 14.7. The lowest BCUT2D eigenvalue weighted by atomic mass is 10.2. The van der Waals surface area contributed by atoms with E-state index in [9.17, 15) is 10.1 Å². The lowest BCUT2D eigenvalue weighted by Gasteiger charge is -2.06. The summed E-state index contributed by atoms with van der Waals surface area (Å²) in [5, 5.41) is 26.1. The van der Waals surface area contributed by atoms with Crippen molar-refractivity contribution in [1.29, 1.82) is 5.26 Å². The van der Waals surface area contributed by atoms with Gasteiger partial charge in [-0.2, -0.15) is 10.2 Å². The zero-order valence-corrected chi connectivity index (χ0v) is 11.0. The molecule has 20 heavy (non-hydrogen) atoms. The highest BCUT2D eigenvalue weighted by Gasteiger charge is 2.19. The number of nitrogens with zero attached hydrogens (tertiary/aromatic N) is 5. The van der Waals surface area contributed by atoms with Crippen LogP contribution in [0.25, 0.3) is 0 Å². The minimum absolute atomic E-state index is 0.119. The van der Waals surface area contributed by atoms with Crippen LogP contribution in [0.15, 0.2) is 18.2 Å². The average Bonchev–Trinajstić information content (AvgIpc) is 2.43. The molecule has 2 aromatic rings. The first-order valence-electron chi connectivity index (χ1n) is 4.93. The first kappa shape index (κ1) is 13.9. The molecule has 0 radical (unpaired) electrons. The van der Waals surface area contributed by atoms with Gasteiger partial charge in [0.2, 0.25) is 16.2 Å². The summed E-state index contributed by atoms with van der Waals surface area (Å²) in [6.07, 6.45) is 0. The fraction of sp³-hybridized carbons (Fsp3) is 0. The Morgan fingerprint density at radius 2 is 2.10 bits per heavy atom. The van der Waals surface area contributed by atoms with Gasteiger partial charge in [0, 0.05) is 6.07 Å². The van der Waals surface area contributed by atoms with E-state index in [4.69, 9.17) is 33.2 Å². The smallest absolute Gasteiger partial charge is 0.312 e. The molecule has 0 atom stereocenters. The van der Waals surface area contributed by atoms with Crippen molar-refractivity contribution in [3.8, 4) is 17.7 Å². The van der Waals surface area contributed by atoms with Gasteiger partial charge >= 0.3 is 5.69 Å². The molecule has 2 rings (SSSR count). The Morgan fingerprint density at radius 3 is 2.75 bits per heavy atom. The van der Waals surface area contributed by atoms with E-state index in [2.05, 4.69) is 15.2 Å². The molecule has 0 fully saturated rings. The van der Waals surface area contributed by atoms with Crippen LogP contribution in [0.4, 0.5) is 5.69 Å². The Morgan fingerprint density at radius 1 is 1.35 bits per heavy atom. The molecule has 1 heterocycles. The van der Waals surface area contributed by atoms with Crippen LogP contribution in [0.2, 0.25) is 10.4 Å². The van der Waals surface area contributed by atoms with E-state index in [1.54, 1.807) is 6.07 Å². The number of ether oxygens (including phenoxy) is 1. The SMILES string of the molecule is N#Cc1ccc(Oc2nc(Cl)nnc2Cl)c([N+](=O)[O-])c1. The summed E-state index contributed by atoms with van der Waals surface area (Å²) >= 11 is 11.2. The summed E-state index contributed by atoms with van der Waals surface area (Å²) in [6, 6.07) is 5.46. The van der Waals surface area contributed by atoms with Gasteiger partial charge in [-0.05, 0) is 23.7 Å². The highest BCUT2D eigenvalue weighted by molar-refractivity contribution is 6.31. The third-order valence-electron chi connectivity index (χ3n) is 2.08. The Hall–Kier alpha value is -2.50. The van der Waals surface area contributed by atoms with Gasteiger partial charge in [0.25, 0.3) is 5.88 Å². The maximum Gasteiger partial charge on any atom is 0.312 e. The van der Waals surface area contributed by atoms with Crippen LogP contribution >= 0.6 is 23.2 Å². The van der Waals surface area contributed by atoms with Crippen molar-refractivity contribution in [3.05, 3.63) is 44.3 Å². The second-order valence-electron chi connectivity index (χ2n) is 3.33. The maximum absolute atomic E-state index is 10.9. The molecule has 1 aromatic carbocycles. The predicted molar refractivity (Wildman–Crippen MR) is 67.7 cm³/mol. The monoisotopic (exact) mass is 311 g/mol. The minimum Gasteiger partial charge on any atom is -0.429 e. The van der Waals surface area contributed by atoms with Crippen LogP contribution < -0.4 is 4.74 Å². The van der Waals surface area contributed by atoms with Gasteiger partial charge in [0.05, 0.1) is 16.6 Å². The van der Waals surface area contributed by atoms with Crippen LogP contribution in [-0.2, 0) is 0 Å². The summed E-state index contributed by atoms with van der Waals surface area (Å²) in [5.41, 5.74) is -0.288. The third kappa shape index (κ3) is 2.90. The Kier molecular flexibility index (Phi) is 3.93. The number of rotatable bonds is 3. The fourth-order valence-electron chi connectivity index (χ4n) is 1.27. The highest BCUT2D eigenvalue weighted by Crippen LogP contribution is 2.33. The lowest BCUT2D eigenvalue weighted by Crippen LogP contribution is -1.98. The first-order valence-corrected chi connectivity index (χ1v) is 5.69. The van der Waals surface area contributed by atoms with Gasteiger partial charge in [-0.1, -0.05) is 11.6 Å². The molecule has 0 saturated carbocycles.